The van der Waals surface area contributed by atoms with Crippen LogP contribution in [0, 0.1) is 10.1 Å². The Bertz CT molecular complexity index is 1080. The van der Waals surface area contributed by atoms with E-state index in [1.165, 1.54) is 35.4 Å². The molecular weight excluding hydrogens is 384 g/mol. The molecule has 3 aromatic carbocycles. The molecular formula is C23H18N2O5. The van der Waals surface area contributed by atoms with E-state index in [9.17, 15) is 19.7 Å². The second kappa shape index (κ2) is 8.16. The minimum absolute atomic E-state index is 0.107. The molecule has 0 bridgehead atoms. The van der Waals surface area contributed by atoms with Gasteiger partial charge in [-0.25, -0.2) is 4.79 Å². The molecule has 0 amide bonds. The van der Waals surface area contributed by atoms with Gasteiger partial charge in [-0.3, -0.25) is 14.9 Å². The van der Waals surface area contributed by atoms with Gasteiger partial charge in [0, 0.05) is 36.5 Å². The smallest absolute Gasteiger partial charge is 0.338 e. The van der Waals surface area contributed by atoms with Gasteiger partial charge in [-0.15, -0.1) is 0 Å². The highest BCUT2D eigenvalue weighted by Gasteiger charge is 2.19. The molecule has 0 unspecified atom stereocenters. The van der Waals surface area contributed by atoms with Gasteiger partial charge >= 0.3 is 5.97 Å². The van der Waals surface area contributed by atoms with Crippen LogP contribution in [-0.4, -0.2) is 23.3 Å². The fourth-order valence-electron chi connectivity index (χ4n) is 3.39. The summed E-state index contributed by atoms with van der Waals surface area (Å²) in [5.41, 5.74) is 4.09. The first-order chi connectivity index (χ1) is 14.5. The quantitative estimate of drug-likeness (QED) is 0.266. The number of fused-ring (bicyclic) bond motifs is 1. The molecule has 0 aromatic heterocycles. The second-order valence-electron chi connectivity index (χ2n) is 6.97. The number of anilines is 1. The third-order valence-corrected chi connectivity index (χ3v) is 5.04. The molecule has 7 nitrogen and oxygen atoms in total. The van der Waals surface area contributed by atoms with Crippen molar-refractivity contribution in [3.63, 3.8) is 0 Å². The van der Waals surface area contributed by atoms with E-state index in [0.29, 0.717) is 5.56 Å². The topological polar surface area (TPSA) is 89.8 Å². The summed E-state index contributed by atoms with van der Waals surface area (Å²) in [6, 6.07) is 20.5. The molecule has 3 aromatic rings. The Hall–Kier alpha value is -4.00. The van der Waals surface area contributed by atoms with Gasteiger partial charge < -0.3 is 9.64 Å². The maximum atomic E-state index is 12.3. The van der Waals surface area contributed by atoms with Gasteiger partial charge in [-0.1, -0.05) is 24.3 Å². The summed E-state index contributed by atoms with van der Waals surface area (Å²) in [5.74, 6) is -1.02. The molecule has 4 rings (SSSR count). The Morgan fingerprint density at radius 3 is 2.00 bits per heavy atom. The third-order valence-electron chi connectivity index (χ3n) is 5.04. The highest BCUT2D eigenvalue weighted by Crippen LogP contribution is 2.28. The average Bonchev–Trinajstić information content (AvgIpc) is 3.21. The Morgan fingerprint density at radius 1 is 0.867 bits per heavy atom. The number of carbonyl (C=O) groups is 2. The zero-order chi connectivity index (χ0) is 21.1. The first-order valence-corrected chi connectivity index (χ1v) is 9.38. The van der Waals surface area contributed by atoms with Gasteiger partial charge in [-0.2, -0.15) is 0 Å². The van der Waals surface area contributed by atoms with Crippen molar-refractivity contribution >= 4 is 23.1 Å². The lowest BCUT2D eigenvalue weighted by Gasteiger charge is -2.17. The number of nitrogens with zero attached hydrogens (tertiary/aromatic N) is 2. The van der Waals surface area contributed by atoms with Crippen molar-refractivity contribution in [2.45, 2.75) is 13.1 Å². The predicted octanol–water partition coefficient (Wildman–Crippen LogP) is 4.15. The molecule has 7 heteroatoms. The Balaban J connectivity index is 1.34. The van der Waals surface area contributed by atoms with Crippen molar-refractivity contribution in [3.05, 3.63) is 105 Å². The lowest BCUT2D eigenvalue weighted by Crippen LogP contribution is -2.16. The number of nitro benzene ring substituents is 1. The first-order valence-electron chi connectivity index (χ1n) is 9.38. The number of nitro groups is 1. The summed E-state index contributed by atoms with van der Waals surface area (Å²) >= 11 is 0. The lowest BCUT2D eigenvalue weighted by atomic mass is 10.1. The maximum Gasteiger partial charge on any atom is 0.338 e. The van der Waals surface area contributed by atoms with Crippen LogP contribution in [0.15, 0.2) is 72.8 Å². The van der Waals surface area contributed by atoms with Crippen LogP contribution in [0.4, 0.5) is 11.4 Å². The maximum absolute atomic E-state index is 12.3. The van der Waals surface area contributed by atoms with Gasteiger partial charge in [0.15, 0.2) is 12.4 Å². The van der Waals surface area contributed by atoms with Gasteiger partial charge in [0.2, 0.25) is 0 Å². The zero-order valence-electron chi connectivity index (χ0n) is 16.0. The van der Waals surface area contributed by atoms with Gasteiger partial charge in [0.1, 0.15) is 0 Å². The number of hydrogen-bond donors (Lipinski definition) is 0. The number of hydrogen-bond acceptors (Lipinski definition) is 6. The van der Waals surface area contributed by atoms with E-state index in [1.54, 1.807) is 12.1 Å². The number of non-ortho nitro benzene ring substituents is 1. The number of ketones is 1. The molecule has 0 radical (unpaired) electrons. The first kappa shape index (κ1) is 19.3. The molecule has 0 fully saturated rings. The van der Waals surface area contributed by atoms with Crippen molar-refractivity contribution in [3.8, 4) is 0 Å². The Kier molecular flexibility index (Phi) is 5.26. The highest BCUT2D eigenvalue weighted by atomic mass is 16.6. The molecule has 30 heavy (non-hydrogen) atoms. The monoisotopic (exact) mass is 402 g/mol. The second-order valence-corrected chi connectivity index (χ2v) is 6.97. The molecule has 0 saturated carbocycles. The Morgan fingerprint density at radius 2 is 1.43 bits per heavy atom. The summed E-state index contributed by atoms with van der Waals surface area (Å²) in [7, 11) is 0. The Labute approximate surface area is 172 Å². The minimum atomic E-state index is -0.596. The molecule has 0 N–H and O–H groups in total. The van der Waals surface area contributed by atoms with Crippen LogP contribution in [0.3, 0.4) is 0 Å². The highest BCUT2D eigenvalue weighted by molar-refractivity contribution is 5.99. The fourth-order valence-corrected chi connectivity index (χ4v) is 3.39. The normalized spacial score (nSPS) is 12.3. The van der Waals surface area contributed by atoms with Crippen LogP contribution in [0.5, 0.6) is 0 Å². The zero-order valence-corrected chi connectivity index (χ0v) is 16.0. The van der Waals surface area contributed by atoms with Gasteiger partial charge in [0.25, 0.3) is 5.69 Å². The molecule has 0 atom stereocenters. The third kappa shape index (κ3) is 4.05. The summed E-state index contributed by atoms with van der Waals surface area (Å²) in [4.78, 5) is 36.7. The number of benzene rings is 3. The van der Waals surface area contributed by atoms with E-state index in [4.69, 9.17) is 4.74 Å². The van der Waals surface area contributed by atoms with Crippen LogP contribution in [0.25, 0.3) is 0 Å². The number of ether oxygens (including phenoxy) is 1. The summed E-state index contributed by atoms with van der Waals surface area (Å²) < 4.78 is 5.10. The number of esters is 1. The summed E-state index contributed by atoms with van der Waals surface area (Å²) in [6.07, 6.45) is 0. The molecule has 1 heterocycles. The van der Waals surface area contributed by atoms with Crippen LogP contribution >= 0.6 is 0 Å². The number of rotatable bonds is 6. The van der Waals surface area contributed by atoms with Crippen molar-refractivity contribution < 1.29 is 19.2 Å². The van der Waals surface area contributed by atoms with Crippen LogP contribution in [0.2, 0.25) is 0 Å². The van der Waals surface area contributed by atoms with Gasteiger partial charge in [-0.05, 0) is 47.5 Å². The van der Waals surface area contributed by atoms with Gasteiger partial charge in [0.05, 0.1) is 10.5 Å². The standard InChI is InChI=1S/C23H18N2O5/c26-22(16-5-11-21(12-6-16)25(28)29)15-30-23(27)17-7-9-20(10-8-17)24-13-18-3-1-2-4-19(18)14-24/h1-12H,13-15H2. The van der Waals surface area contributed by atoms with E-state index in [2.05, 4.69) is 17.0 Å². The van der Waals surface area contributed by atoms with Crippen molar-refractivity contribution in [1.29, 1.82) is 0 Å². The van der Waals surface area contributed by atoms with E-state index in [-0.39, 0.29) is 11.3 Å². The fraction of sp³-hybridized carbons (Fsp3) is 0.130. The molecule has 1 aliphatic rings. The molecule has 150 valence electrons. The van der Waals surface area contributed by atoms with Crippen LogP contribution < -0.4 is 4.90 Å². The molecule has 0 aliphatic carbocycles. The number of carbonyl (C=O) groups excluding carboxylic acids is 2. The van der Waals surface area contributed by atoms with Crippen LogP contribution in [0.1, 0.15) is 31.8 Å². The van der Waals surface area contributed by atoms with E-state index in [0.717, 1.165) is 18.8 Å². The lowest BCUT2D eigenvalue weighted by molar-refractivity contribution is -0.384. The SMILES string of the molecule is O=C(COC(=O)c1ccc(N2Cc3ccccc3C2)cc1)c1ccc([N+](=O)[O-])cc1. The van der Waals surface area contributed by atoms with Crippen LogP contribution in [-0.2, 0) is 17.8 Å². The molecule has 0 spiro atoms. The van der Waals surface area contributed by atoms with Crippen molar-refractivity contribution in [2.24, 2.45) is 0 Å². The van der Waals surface area contributed by atoms with Crippen molar-refractivity contribution in [1.82, 2.24) is 0 Å². The summed E-state index contributed by atoms with van der Waals surface area (Å²) in [6.45, 7) is 1.22. The van der Waals surface area contributed by atoms with E-state index >= 15 is 0 Å². The molecule has 0 saturated heterocycles. The number of Topliss-reactive ketones (excluding diaryl/α,β-unsaturated/α-hetero) is 1. The molecule has 1 aliphatic heterocycles. The minimum Gasteiger partial charge on any atom is -0.454 e. The van der Waals surface area contributed by atoms with E-state index < -0.39 is 23.3 Å². The average molecular weight is 402 g/mol. The van der Waals surface area contributed by atoms with E-state index in [1.807, 2.05) is 24.3 Å². The van der Waals surface area contributed by atoms with Crippen molar-refractivity contribution in [2.75, 3.05) is 11.5 Å². The largest absolute Gasteiger partial charge is 0.454 e. The predicted molar refractivity (Wildman–Crippen MR) is 110 cm³/mol. The summed E-state index contributed by atoms with van der Waals surface area (Å²) in [5, 5.41) is 10.7.